The molecule has 1 saturated carbocycles. The first-order valence-corrected chi connectivity index (χ1v) is 5.03. The molecule has 1 aliphatic rings. The second-order valence-electron chi connectivity index (χ2n) is 4.37. The van der Waals surface area contributed by atoms with Crippen LogP contribution < -0.4 is 5.32 Å². The molecule has 3 nitrogen and oxygen atoms in total. The van der Waals surface area contributed by atoms with E-state index in [1.54, 1.807) is 0 Å². The summed E-state index contributed by atoms with van der Waals surface area (Å²) in [4.78, 5) is 10.8. The summed E-state index contributed by atoms with van der Waals surface area (Å²) in [6.07, 6.45) is 4.11. The van der Waals surface area contributed by atoms with Crippen molar-refractivity contribution in [3.05, 3.63) is 0 Å². The maximum atomic E-state index is 10.8. The van der Waals surface area contributed by atoms with E-state index in [1.165, 1.54) is 12.8 Å². The van der Waals surface area contributed by atoms with Crippen LogP contribution in [0.3, 0.4) is 0 Å². The fourth-order valence-electron chi connectivity index (χ4n) is 1.36. The van der Waals surface area contributed by atoms with Gasteiger partial charge in [-0.3, -0.25) is 4.79 Å². The van der Waals surface area contributed by atoms with Gasteiger partial charge in [-0.1, -0.05) is 20.3 Å². The van der Waals surface area contributed by atoms with Crippen molar-refractivity contribution in [3.63, 3.8) is 0 Å². The minimum Gasteiger partial charge on any atom is -0.480 e. The van der Waals surface area contributed by atoms with Crippen LogP contribution in [0.5, 0.6) is 0 Å². The molecule has 1 aliphatic carbocycles. The number of nitrogens with one attached hydrogen (secondary N) is 1. The molecule has 1 atom stereocenters. The molecule has 1 fully saturated rings. The van der Waals surface area contributed by atoms with Gasteiger partial charge in [-0.05, 0) is 24.7 Å². The number of carboxylic acid groups (broad SMARTS) is 1. The molecule has 0 aromatic heterocycles. The summed E-state index contributed by atoms with van der Waals surface area (Å²) < 4.78 is 0. The predicted molar refractivity (Wildman–Crippen MR) is 51.7 cm³/mol. The van der Waals surface area contributed by atoms with Gasteiger partial charge in [0.2, 0.25) is 0 Å². The summed E-state index contributed by atoms with van der Waals surface area (Å²) in [5.41, 5.74) is 0.390. The molecule has 1 rings (SSSR count). The van der Waals surface area contributed by atoms with Crippen molar-refractivity contribution in [2.45, 2.75) is 45.6 Å². The van der Waals surface area contributed by atoms with Crippen LogP contribution in [0.15, 0.2) is 0 Å². The van der Waals surface area contributed by atoms with E-state index in [0.29, 0.717) is 5.41 Å². The van der Waals surface area contributed by atoms with Gasteiger partial charge in [0.25, 0.3) is 0 Å². The van der Waals surface area contributed by atoms with Crippen molar-refractivity contribution in [1.29, 1.82) is 0 Å². The minimum atomic E-state index is -0.717. The Bertz CT molecular complexity index is 187. The maximum absolute atomic E-state index is 10.8. The molecule has 0 aliphatic heterocycles. The Hall–Kier alpha value is -0.570. The van der Waals surface area contributed by atoms with Crippen LogP contribution >= 0.6 is 0 Å². The fourth-order valence-corrected chi connectivity index (χ4v) is 1.36. The highest BCUT2D eigenvalue weighted by atomic mass is 16.4. The standard InChI is InChI=1S/C10H19NO2/c1-3-4-8(9(12)13)11-7-10(2)5-6-10/h8,11H,3-7H2,1-2H3,(H,12,13). The summed E-state index contributed by atoms with van der Waals surface area (Å²) in [5.74, 6) is -0.717. The third-order valence-corrected chi connectivity index (χ3v) is 2.75. The lowest BCUT2D eigenvalue weighted by Crippen LogP contribution is -2.39. The van der Waals surface area contributed by atoms with Gasteiger partial charge < -0.3 is 10.4 Å². The SMILES string of the molecule is CCCC(NCC1(C)CC1)C(=O)O. The van der Waals surface area contributed by atoms with Crippen molar-refractivity contribution >= 4 is 5.97 Å². The van der Waals surface area contributed by atoms with Gasteiger partial charge in [-0.15, -0.1) is 0 Å². The summed E-state index contributed by atoms with van der Waals surface area (Å²) in [5, 5.41) is 12.0. The molecule has 0 aromatic carbocycles. The Morgan fingerprint density at radius 1 is 1.62 bits per heavy atom. The van der Waals surface area contributed by atoms with E-state index in [0.717, 1.165) is 19.4 Å². The van der Waals surface area contributed by atoms with Crippen LogP contribution in [0.2, 0.25) is 0 Å². The molecule has 0 amide bonds. The van der Waals surface area contributed by atoms with Crippen molar-refractivity contribution in [2.24, 2.45) is 5.41 Å². The second kappa shape index (κ2) is 4.09. The van der Waals surface area contributed by atoms with Crippen LogP contribution in [0.25, 0.3) is 0 Å². The largest absolute Gasteiger partial charge is 0.480 e. The van der Waals surface area contributed by atoms with E-state index in [1.807, 2.05) is 6.92 Å². The Kier molecular flexibility index (Phi) is 3.31. The highest BCUT2D eigenvalue weighted by Gasteiger charge is 2.37. The molecule has 0 bridgehead atoms. The Morgan fingerprint density at radius 2 is 2.23 bits per heavy atom. The normalized spacial score (nSPS) is 21.1. The number of hydrogen-bond acceptors (Lipinski definition) is 2. The zero-order valence-electron chi connectivity index (χ0n) is 8.47. The molecule has 0 heterocycles. The van der Waals surface area contributed by atoms with Gasteiger partial charge in [0, 0.05) is 6.54 Å². The molecule has 0 spiro atoms. The molecule has 3 heteroatoms. The third-order valence-electron chi connectivity index (χ3n) is 2.75. The van der Waals surface area contributed by atoms with Gasteiger partial charge >= 0.3 is 5.97 Å². The van der Waals surface area contributed by atoms with E-state index >= 15 is 0 Å². The topological polar surface area (TPSA) is 49.3 Å². The van der Waals surface area contributed by atoms with Crippen LogP contribution in [-0.2, 0) is 4.79 Å². The average molecular weight is 185 g/mol. The summed E-state index contributed by atoms with van der Waals surface area (Å²) in [7, 11) is 0. The number of carbonyl (C=O) groups is 1. The first-order chi connectivity index (χ1) is 6.07. The number of hydrogen-bond donors (Lipinski definition) is 2. The lowest BCUT2D eigenvalue weighted by atomic mass is 10.1. The minimum absolute atomic E-state index is 0.345. The highest BCUT2D eigenvalue weighted by molar-refractivity contribution is 5.73. The number of aliphatic carboxylic acids is 1. The molecular formula is C10H19NO2. The molecule has 76 valence electrons. The van der Waals surface area contributed by atoms with E-state index in [2.05, 4.69) is 12.2 Å². The van der Waals surface area contributed by atoms with Crippen LogP contribution in [0.4, 0.5) is 0 Å². The van der Waals surface area contributed by atoms with E-state index < -0.39 is 5.97 Å². The lowest BCUT2D eigenvalue weighted by molar-refractivity contribution is -0.139. The quantitative estimate of drug-likeness (QED) is 0.661. The summed E-state index contributed by atoms with van der Waals surface area (Å²) >= 11 is 0. The molecule has 1 unspecified atom stereocenters. The van der Waals surface area contributed by atoms with Crippen LogP contribution in [0, 0.1) is 5.41 Å². The average Bonchev–Trinajstić information content (AvgIpc) is 2.77. The molecule has 13 heavy (non-hydrogen) atoms. The highest BCUT2D eigenvalue weighted by Crippen LogP contribution is 2.44. The maximum Gasteiger partial charge on any atom is 0.320 e. The lowest BCUT2D eigenvalue weighted by Gasteiger charge is -2.16. The van der Waals surface area contributed by atoms with Crippen molar-refractivity contribution in [3.8, 4) is 0 Å². The Morgan fingerprint density at radius 3 is 2.62 bits per heavy atom. The number of carboxylic acids is 1. The first kappa shape index (κ1) is 10.5. The molecule has 0 aromatic rings. The second-order valence-corrected chi connectivity index (χ2v) is 4.37. The Balaban J connectivity index is 2.25. The van der Waals surface area contributed by atoms with Crippen molar-refractivity contribution in [2.75, 3.05) is 6.54 Å². The zero-order valence-corrected chi connectivity index (χ0v) is 8.47. The molecule has 0 radical (unpaired) electrons. The van der Waals surface area contributed by atoms with Crippen molar-refractivity contribution in [1.82, 2.24) is 5.32 Å². The molecule has 2 N–H and O–H groups in total. The van der Waals surface area contributed by atoms with E-state index in [9.17, 15) is 4.79 Å². The third kappa shape index (κ3) is 3.35. The smallest absolute Gasteiger partial charge is 0.320 e. The van der Waals surface area contributed by atoms with E-state index in [-0.39, 0.29) is 6.04 Å². The first-order valence-electron chi connectivity index (χ1n) is 5.03. The monoisotopic (exact) mass is 185 g/mol. The summed E-state index contributed by atoms with van der Waals surface area (Å²) in [6.45, 7) is 5.06. The Labute approximate surface area is 79.5 Å². The predicted octanol–water partition coefficient (Wildman–Crippen LogP) is 1.63. The van der Waals surface area contributed by atoms with Gasteiger partial charge in [-0.25, -0.2) is 0 Å². The van der Waals surface area contributed by atoms with Gasteiger partial charge in [0.05, 0.1) is 0 Å². The number of rotatable bonds is 6. The van der Waals surface area contributed by atoms with Crippen LogP contribution in [-0.4, -0.2) is 23.7 Å². The molecular weight excluding hydrogens is 166 g/mol. The van der Waals surface area contributed by atoms with Gasteiger partial charge in [-0.2, -0.15) is 0 Å². The van der Waals surface area contributed by atoms with Crippen molar-refractivity contribution < 1.29 is 9.90 Å². The van der Waals surface area contributed by atoms with Gasteiger partial charge in [0.1, 0.15) is 6.04 Å². The zero-order chi connectivity index (χ0) is 9.90. The molecule has 0 saturated heterocycles. The van der Waals surface area contributed by atoms with Gasteiger partial charge in [0.15, 0.2) is 0 Å². The summed E-state index contributed by atoms with van der Waals surface area (Å²) in [6, 6.07) is -0.345. The van der Waals surface area contributed by atoms with E-state index in [4.69, 9.17) is 5.11 Å². The van der Waals surface area contributed by atoms with Crippen LogP contribution in [0.1, 0.15) is 39.5 Å². The fraction of sp³-hybridized carbons (Fsp3) is 0.900.